The van der Waals surface area contributed by atoms with Gasteiger partial charge in [0.25, 0.3) is 0 Å². The van der Waals surface area contributed by atoms with E-state index in [4.69, 9.17) is 4.74 Å². The Morgan fingerprint density at radius 2 is 1.80 bits per heavy atom. The van der Waals surface area contributed by atoms with Crippen molar-refractivity contribution in [1.82, 2.24) is 10.6 Å². The van der Waals surface area contributed by atoms with Crippen molar-refractivity contribution in [3.63, 3.8) is 0 Å². The van der Waals surface area contributed by atoms with Crippen molar-refractivity contribution >= 4 is 0 Å². The fourth-order valence-corrected chi connectivity index (χ4v) is 1.80. The van der Waals surface area contributed by atoms with Crippen molar-refractivity contribution < 1.29 is 4.74 Å². The number of hydrogen-bond acceptors (Lipinski definition) is 3. The molecule has 90 valence electrons. The van der Waals surface area contributed by atoms with Gasteiger partial charge in [-0.1, -0.05) is 13.8 Å². The molecule has 15 heavy (non-hydrogen) atoms. The van der Waals surface area contributed by atoms with Crippen LogP contribution in [0.5, 0.6) is 0 Å². The molecular weight excluding hydrogens is 188 g/mol. The predicted octanol–water partition coefficient (Wildman–Crippen LogP) is 1.39. The summed E-state index contributed by atoms with van der Waals surface area (Å²) in [4.78, 5) is 0. The quantitative estimate of drug-likeness (QED) is 0.701. The molecule has 0 spiro atoms. The van der Waals surface area contributed by atoms with Crippen molar-refractivity contribution in [3.8, 4) is 0 Å². The molecule has 1 fully saturated rings. The van der Waals surface area contributed by atoms with Crippen molar-refractivity contribution in [2.75, 3.05) is 26.3 Å². The van der Waals surface area contributed by atoms with Crippen LogP contribution in [0.4, 0.5) is 0 Å². The molecule has 1 aliphatic heterocycles. The van der Waals surface area contributed by atoms with Crippen LogP contribution in [-0.4, -0.2) is 38.4 Å². The smallest absolute Gasteiger partial charge is 0.0469 e. The largest absolute Gasteiger partial charge is 0.381 e. The molecule has 0 amide bonds. The Morgan fingerprint density at radius 1 is 1.13 bits per heavy atom. The van der Waals surface area contributed by atoms with Gasteiger partial charge >= 0.3 is 0 Å². The van der Waals surface area contributed by atoms with Crippen LogP contribution >= 0.6 is 0 Å². The maximum Gasteiger partial charge on any atom is 0.0469 e. The Hall–Kier alpha value is -0.120. The molecule has 3 heteroatoms. The highest BCUT2D eigenvalue weighted by atomic mass is 16.5. The van der Waals surface area contributed by atoms with Crippen molar-refractivity contribution in [3.05, 3.63) is 0 Å². The van der Waals surface area contributed by atoms with E-state index in [1.165, 1.54) is 12.8 Å². The van der Waals surface area contributed by atoms with Gasteiger partial charge in [0.2, 0.25) is 0 Å². The fraction of sp³-hybridized carbons (Fsp3) is 1.00. The second-order valence-corrected chi connectivity index (χ2v) is 4.93. The van der Waals surface area contributed by atoms with E-state index in [2.05, 4.69) is 31.4 Å². The Kier molecular flexibility index (Phi) is 6.22. The van der Waals surface area contributed by atoms with E-state index in [9.17, 15) is 0 Å². The summed E-state index contributed by atoms with van der Waals surface area (Å²) < 4.78 is 5.35. The number of rotatable bonds is 6. The maximum atomic E-state index is 5.35. The van der Waals surface area contributed by atoms with Crippen molar-refractivity contribution in [1.29, 1.82) is 0 Å². The van der Waals surface area contributed by atoms with Gasteiger partial charge in [-0.3, -0.25) is 0 Å². The second-order valence-electron chi connectivity index (χ2n) is 4.93. The molecule has 0 aromatic carbocycles. The van der Waals surface area contributed by atoms with E-state index < -0.39 is 0 Å². The summed E-state index contributed by atoms with van der Waals surface area (Å²) in [7, 11) is 0. The predicted molar refractivity (Wildman–Crippen MR) is 64.1 cm³/mol. The molecule has 0 bridgehead atoms. The zero-order valence-corrected chi connectivity index (χ0v) is 10.4. The summed E-state index contributed by atoms with van der Waals surface area (Å²) in [5.41, 5.74) is 0. The van der Waals surface area contributed by atoms with Crippen molar-refractivity contribution in [2.45, 2.75) is 45.7 Å². The van der Waals surface area contributed by atoms with Crippen LogP contribution in [0.2, 0.25) is 0 Å². The summed E-state index contributed by atoms with van der Waals surface area (Å²) in [6, 6.07) is 1.15. The van der Waals surface area contributed by atoms with Crippen molar-refractivity contribution in [2.24, 2.45) is 5.92 Å². The monoisotopic (exact) mass is 214 g/mol. The highest BCUT2D eigenvalue weighted by Gasteiger charge is 2.14. The fourth-order valence-electron chi connectivity index (χ4n) is 1.80. The van der Waals surface area contributed by atoms with Crippen LogP contribution in [0.1, 0.15) is 33.6 Å². The minimum absolute atomic E-state index is 0.565. The zero-order valence-electron chi connectivity index (χ0n) is 10.4. The van der Waals surface area contributed by atoms with Crippen LogP contribution in [0.15, 0.2) is 0 Å². The SMILES string of the molecule is CC(C)NCC(C)NCC1CCOCC1. The first kappa shape index (κ1) is 12.9. The van der Waals surface area contributed by atoms with E-state index in [0.29, 0.717) is 12.1 Å². The van der Waals surface area contributed by atoms with Gasteiger partial charge in [-0.05, 0) is 32.2 Å². The average Bonchev–Trinajstić information content (AvgIpc) is 2.25. The van der Waals surface area contributed by atoms with E-state index in [1.54, 1.807) is 0 Å². The van der Waals surface area contributed by atoms with Gasteiger partial charge in [0, 0.05) is 31.8 Å². The lowest BCUT2D eigenvalue weighted by Crippen LogP contribution is -2.41. The van der Waals surface area contributed by atoms with Crippen LogP contribution in [-0.2, 0) is 4.74 Å². The molecule has 1 atom stereocenters. The van der Waals surface area contributed by atoms with Crippen LogP contribution in [0.3, 0.4) is 0 Å². The third kappa shape index (κ3) is 6.13. The van der Waals surface area contributed by atoms with Gasteiger partial charge in [0.05, 0.1) is 0 Å². The highest BCUT2D eigenvalue weighted by Crippen LogP contribution is 2.13. The van der Waals surface area contributed by atoms with Gasteiger partial charge in [0.15, 0.2) is 0 Å². The Bertz CT molecular complexity index is 156. The Balaban J connectivity index is 2.02. The molecule has 2 N–H and O–H groups in total. The van der Waals surface area contributed by atoms with Gasteiger partial charge in [-0.25, -0.2) is 0 Å². The Morgan fingerprint density at radius 3 is 2.40 bits per heavy atom. The van der Waals surface area contributed by atoms with Gasteiger partial charge in [0.1, 0.15) is 0 Å². The Labute approximate surface area is 94.0 Å². The van der Waals surface area contributed by atoms with E-state index in [-0.39, 0.29) is 0 Å². The molecule has 1 rings (SSSR count). The molecule has 0 aliphatic carbocycles. The molecule has 0 aromatic heterocycles. The summed E-state index contributed by atoms with van der Waals surface area (Å²) in [6.07, 6.45) is 2.44. The number of nitrogens with one attached hydrogen (secondary N) is 2. The summed E-state index contributed by atoms with van der Waals surface area (Å²) >= 11 is 0. The summed E-state index contributed by atoms with van der Waals surface area (Å²) in [6.45, 7) is 10.7. The van der Waals surface area contributed by atoms with E-state index in [1.807, 2.05) is 0 Å². The molecule has 3 nitrogen and oxygen atoms in total. The third-order valence-electron chi connectivity index (χ3n) is 2.93. The molecule has 0 radical (unpaired) electrons. The van der Waals surface area contributed by atoms with Gasteiger partial charge in [-0.15, -0.1) is 0 Å². The number of ether oxygens (including phenoxy) is 1. The lowest BCUT2D eigenvalue weighted by atomic mass is 10.0. The normalized spacial score (nSPS) is 20.8. The minimum Gasteiger partial charge on any atom is -0.381 e. The van der Waals surface area contributed by atoms with Gasteiger partial charge in [-0.2, -0.15) is 0 Å². The average molecular weight is 214 g/mol. The minimum atomic E-state index is 0.565. The first-order chi connectivity index (χ1) is 7.18. The molecule has 1 unspecified atom stereocenters. The molecule has 1 heterocycles. The standard InChI is InChI=1S/C12H26N2O/c1-10(2)13-8-11(3)14-9-12-4-6-15-7-5-12/h10-14H,4-9H2,1-3H3. The van der Waals surface area contributed by atoms with Crippen LogP contribution < -0.4 is 10.6 Å². The summed E-state index contributed by atoms with van der Waals surface area (Å²) in [5.74, 6) is 0.820. The molecule has 1 aliphatic rings. The molecule has 0 aromatic rings. The summed E-state index contributed by atoms with van der Waals surface area (Å²) in [5, 5.41) is 7.04. The first-order valence-electron chi connectivity index (χ1n) is 6.23. The van der Waals surface area contributed by atoms with Crippen LogP contribution in [0, 0.1) is 5.92 Å². The van der Waals surface area contributed by atoms with E-state index >= 15 is 0 Å². The maximum absolute atomic E-state index is 5.35. The third-order valence-corrected chi connectivity index (χ3v) is 2.93. The highest BCUT2D eigenvalue weighted by molar-refractivity contribution is 4.71. The molecule has 1 saturated heterocycles. The van der Waals surface area contributed by atoms with Gasteiger partial charge < -0.3 is 15.4 Å². The topological polar surface area (TPSA) is 33.3 Å². The van der Waals surface area contributed by atoms with E-state index in [0.717, 1.165) is 32.2 Å². The molecule has 0 saturated carbocycles. The second kappa shape index (κ2) is 7.20. The molecular formula is C12H26N2O. The first-order valence-corrected chi connectivity index (χ1v) is 6.23. The van der Waals surface area contributed by atoms with Crippen LogP contribution in [0.25, 0.3) is 0 Å². The lowest BCUT2D eigenvalue weighted by Gasteiger charge is -2.24. The zero-order chi connectivity index (χ0) is 11.1. The number of hydrogen-bond donors (Lipinski definition) is 2. The lowest BCUT2D eigenvalue weighted by molar-refractivity contribution is 0.0656.